The normalized spacial score (nSPS) is 46.0. The summed E-state index contributed by atoms with van der Waals surface area (Å²) in [5, 5.41) is 25.3. The van der Waals surface area contributed by atoms with Crippen LogP contribution >= 0.6 is 0 Å². The molecule has 5 fully saturated rings. The third kappa shape index (κ3) is 5.70. The number of hydrogen-bond donors (Lipinski definition) is 3. The lowest BCUT2D eigenvalue weighted by atomic mass is 9.33. The Hall–Kier alpha value is -1.51. The van der Waals surface area contributed by atoms with Gasteiger partial charge >= 0.3 is 5.97 Å². The molecule has 7 rings (SSSR count). The second kappa shape index (κ2) is 12.8. The van der Waals surface area contributed by atoms with Crippen LogP contribution in [0.2, 0.25) is 0 Å². The van der Waals surface area contributed by atoms with E-state index in [9.17, 15) is 27.8 Å². The van der Waals surface area contributed by atoms with Crippen LogP contribution in [0.5, 0.6) is 0 Å². The summed E-state index contributed by atoms with van der Waals surface area (Å²) in [7, 11) is -3.03. The molecule has 8 heteroatoms. The Morgan fingerprint density at radius 3 is 2.23 bits per heavy atom. The molecule has 7 aliphatic rings. The quantitative estimate of drug-likeness (QED) is 0.215. The number of rotatable bonds is 8. The van der Waals surface area contributed by atoms with Gasteiger partial charge in [0.15, 0.2) is 9.84 Å². The Balaban J connectivity index is 1.14. The summed E-state index contributed by atoms with van der Waals surface area (Å²) in [6, 6.07) is 0. The van der Waals surface area contributed by atoms with Gasteiger partial charge in [-0.15, -0.1) is 0 Å². The van der Waals surface area contributed by atoms with Crippen LogP contribution in [-0.4, -0.2) is 60.5 Å². The summed E-state index contributed by atoms with van der Waals surface area (Å²) in [6.45, 7) is 19.5. The van der Waals surface area contributed by atoms with Gasteiger partial charge in [-0.25, -0.2) is 12.8 Å². The van der Waals surface area contributed by atoms with Gasteiger partial charge < -0.3 is 15.5 Å². The number of alkyl halides is 1. The first-order valence-electron chi connectivity index (χ1n) is 20.7. The van der Waals surface area contributed by atoms with Gasteiger partial charge in [0.1, 0.15) is 6.67 Å². The molecule has 0 aromatic heterocycles. The molecule has 292 valence electrons. The van der Waals surface area contributed by atoms with Crippen molar-refractivity contribution in [3.63, 3.8) is 0 Å². The summed E-state index contributed by atoms with van der Waals surface area (Å²) in [4.78, 5) is 12.0. The van der Waals surface area contributed by atoms with Crippen molar-refractivity contribution in [3.05, 3.63) is 35.5 Å². The number of aliphatic carboxylic acids is 1. The van der Waals surface area contributed by atoms with E-state index in [2.05, 4.69) is 65.6 Å². The predicted octanol–water partition coefficient (Wildman–Crippen LogP) is 9.00. The molecule has 1 aliphatic heterocycles. The van der Waals surface area contributed by atoms with Gasteiger partial charge in [0.25, 0.3) is 0 Å². The van der Waals surface area contributed by atoms with E-state index in [-0.39, 0.29) is 45.1 Å². The summed E-state index contributed by atoms with van der Waals surface area (Å²) in [5.41, 5.74) is 2.39. The third-order valence-corrected chi connectivity index (χ3v) is 19.8. The Morgan fingerprint density at radius 2 is 1.62 bits per heavy atom. The molecule has 0 radical (unpaired) electrons. The maximum atomic E-state index is 14.0. The first kappa shape index (κ1) is 38.8. The molecular formula is C44H68FNO5S. The molecule has 0 aromatic rings. The van der Waals surface area contributed by atoms with Crippen LogP contribution in [-0.2, 0) is 14.6 Å². The highest BCUT2D eigenvalue weighted by molar-refractivity contribution is 7.91. The van der Waals surface area contributed by atoms with Crippen LogP contribution in [0, 0.1) is 56.7 Å². The van der Waals surface area contributed by atoms with Gasteiger partial charge in [0.05, 0.1) is 22.5 Å². The number of fused-ring (bicyclic) bond motifs is 7. The van der Waals surface area contributed by atoms with Gasteiger partial charge in [-0.3, -0.25) is 4.79 Å². The molecule has 0 aromatic carbocycles. The number of sulfone groups is 1. The topological polar surface area (TPSA) is 104 Å². The zero-order valence-electron chi connectivity index (χ0n) is 33.1. The minimum atomic E-state index is -3.03. The van der Waals surface area contributed by atoms with E-state index in [1.165, 1.54) is 55.2 Å². The van der Waals surface area contributed by atoms with Crippen LogP contribution in [0.1, 0.15) is 138 Å². The van der Waals surface area contributed by atoms with Crippen molar-refractivity contribution in [1.29, 1.82) is 0 Å². The van der Waals surface area contributed by atoms with Crippen LogP contribution in [0.15, 0.2) is 35.5 Å². The summed E-state index contributed by atoms with van der Waals surface area (Å²) < 4.78 is 38.2. The first-order chi connectivity index (χ1) is 24.2. The molecule has 0 bridgehead atoms. The molecule has 10 atom stereocenters. The van der Waals surface area contributed by atoms with E-state index in [0.717, 1.165) is 25.8 Å². The monoisotopic (exact) mass is 741 g/mol. The van der Waals surface area contributed by atoms with Crippen molar-refractivity contribution in [3.8, 4) is 0 Å². The van der Waals surface area contributed by atoms with E-state index >= 15 is 0 Å². The van der Waals surface area contributed by atoms with Crippen molar-refractivity contribution in [1.82, 2.24) is 5.32 Å². The minimum absolute atomic E-state index is 0.0355. The van der Waals surface area contributed by atoms with Gasteiger partial charge in [0, 0.05) is 5.54 Å². The fraction of sp³-hybridized carbons (Fsp3) is 0.841. The number of carboxylic acids is 1. The SMILES string of the molecule is C=C(C)[C@@H]1CC[C@]2(NCCC3(O)CCS(=O)(=O)CC3)CC[C@]3(C)[C@H](CC[C@@H]4[C@@]5(C)CC=C(C6=CCC(CF)(C(=O)O)CC6)C(C)(C)[C@@H]5CC[C@]43C)[C@@H]12. The zero-order chi connectivity index (χ0) is 37.8. The Labute approximate surface area is 313 Å². The highest BCUT2D eigenvalue weighted by Crippen LogP contribution is 2.76. The lowest BCUT2D eigenvalue weighted by molar-refractivity contribution is -0.221. The van der Waals surface area contributed by atoms with Crippen LogP contribution < -0.4 is 5.32 Å². The second-order valence-corrected chi connectivity index (χ2v) is 22.9. The fourth-order valence-electron chi connectivity index (χ4n) is 14.8. The maximum absolute atomic E-state index is 14.0. The van der Waals surface area contributed by atoms with Crippen molar-refractivity contribution in [2.45, 2.75) is 149 Å². The number of nitrogens with one attached hydrogen (secondary N) is 1. The highest BCUT2D eigenvalue weighted by atomic mass is 32.2. The zero-order valence-corrected chi connectivity index (χ0v) is 33.9. The smallest absolute Gasteiger partial charge is 0.312 e. The number of allylic oxidation sites excluding steroid dienone is 5. The predicted molar refractivity (Wildman–Crippen MR) is 206 cm³/mol. The first-order valence-corrected chi connectivity index (χ1v) is 22.6. The number of carbonyl (C=O) groups is 1. The van der Waals surface area contributed by atoms with Crippen molar-refractivity contribution in [2.24, 2.45) is 56.7 Å². The number of aliphatic hydroxyl groups is 1. The molecule has 1 saturated heterocycles. The molecule has 6 aliphatic carbocycles. The number of hydrogen-bond acceptors (Lipinski definition) is 5. The molecule has 4 saturated carbocycles. The fourth-order valence-corrected chi connectivity index (χ4v) is 16.4. The van der Waals surface area contributed by atoms with E-state index in [1.807, 2.05) is 0 Å². The Bertz CT molecular complexity index is 1640. The molecule has 6 nitrogen and oxygen atoms in total. The third-order valence-electron chi connectivity index (χ3n) is 18.1. The van der Waals surface area contributed by atoms with E-state index in [1.54, 1.807) is 0 Å². The molecule has 3 N–H and O–H groups in total. The molecule has 1 heterocycles. The Kier molecular flexibility index (Phi) is 9.51. The lowest BCUT2D eigenvalue weighted by Crippen LogP contribution is -2.68. The standard InChI is InChI=1S/C44H68FNO5S/c1-29(2)31-12-19-44(46-25-22-43(49)23-26-52(50,51)27-24-43)21-20-40(6)33(36(31)44)8-9-35-39(5)15-13-32(38(3,4)34(39)14-16-41(35,40)7)30-10-17-42(28-45,18-11-30)37(47)48/h10,13,31,33-36,46,49H,1,8-9,11-12,14-28H2,2-7H3,(H,47,48)/t31-,33+,34-,35+,36+,39-,40+,41+,42?,44-/m0/s1. The minimum Gasteiger partial charge on any atom is -0.481 e. The number of carboxylic acid groups (broad SMARTS) is 1. The van der Waals surface area contributed by atoms with Crippen LogP contribution in [0.3, 0.4) is 0 Å². The summed E-state index contributed by atoms with van der Waals surface area (Å²) >= 11 is 0. The molecule has 0 spiro atoms. The summed E-state index contributed by atoms with van der Waals surface area (Å²) in [6.07, 6.45) is 17.8. The van der Waals surface area contributed by atoms with Gasteiger partial charge in [-0.2, -0.15) is 0 Å². The average Bonchev–Trinajstić information content (AvgIpc) is 3.46. The Morgan fingerprint density at radius 1 is 0.904 bits per heavy atom. The lowest BCUT2D eigenvalue weighted by Gasteiger charge is -2.72. The summed E-state index contributed by atoms with van der Waals surface area (Å²) in [5.74, 6) is 1.93. The molecular weight excluding hydrogens is 674 g/mol. The highest BCUT2D eigenvalue weighted by Gasteiger charge is 2.70. The van der Waals surface area contributed by atoms with Crippen molar-refractivity contribution < 1.29 is 27.8 Å². The second-order valence-electron chi connectivity index (χ2n) is 20.6. The average molecular weight is 742 g/mol. The van der Waals surface area contributed by atoms with Gasteiger partial charge in [-0.05, 0) is 172 Å². The maximum Gasteiger partial charge on any atom is 0.312 e. The largest absolute Gasteiger partial charge is 0.481 e. The molecule has 0 amide bonds. The van der Waals surface area contributed by atoms with Gasteiger partial charge in [0.2, 0.25) is 0 Å². The van der Waals surface area contributed by atoms with Crippen molar-refractivity contribution >= 4 is 15.8 Å². The van der Waals surface area contributed by atoms with Crippen molar-refractivity contribution in [2.75, 3.05) is 24.7 Å². The van der Waals surface area contributed by atoms with Crippen LogP contribution in [0.25, 0.3) is 0 Å². The van der Waals surface area contributed by atoms with E-state index in [4.69, 9.17) is 0 Å². The molecule has 1 unspecified atom stereocenters. The molecule has 52 heavy (non-hydrogen) atoms. The number of halogens is 1. The van der Waals surface area contributed by atoms with E-state index < -0.39 is 33.5 Å². The van der Waals surface area contributed by atoms with E-state index in [0.29, 0.717) is 61.7 Å². The van der Waals surface area contributed by atoms with Crippen LogP contribution in [0.4, 0.5) is 4.39 Å². The van der Waals surface area contributed by atoms with Gasteiger partial charge in [-0.1, -0.05) is 58.9 Å².